The minimum Gasteiger partial charge on any atom is -0.354 e. The third-order valence-electron chi connectivity index (χ3n) is 7.78. The Hall–Kier alpha value is -2.19. The Kier molecular flexibility index (Phi) is 4.46. The normalized spacial score (nSPS) is 29.5. The topological polar surface area (TPSA) is 77.8 Å². The fourth-order valence-electron chi connectivity index (χ4n) is 6.01. The molecule has 0 spiro atoms. The quantitative estimate of drug-likeness (QED) is 0.773. The van der Waals surface area contributed by atoms with Gasteiger partial charge < -0.3 is 20.4 Å². The van der Waals surface area contributed by atoms with Crippen LogP contribution in [-0.2, 0) is 17.6 Å². The van der Waals surface area contributed by atoms with Gasteiger partial charge in [-0.25, -0.2) is 4.98 Å². The SMILES string of the molecule is CN1C2CCC1CC(NC(=O)C1CN(c3c4c(nc5ccnn35)CCNCC4)C1)C2. The molecule has 2 unspecified atom stereocenters. The molecule has 0 aliphatic carbocycles. The van der Waals surface area contributed by atoms with Gasteiger partial charge in [0.15, 0.2) is 5.65 Å². The van der Waals surface area contributed by atoms with Crippen molar-refractivity contribution in [2.45, 2.75) is 56.7 Å². The summed E-state index contributed by atoms with van der Waals surface area (Å²) < 4.78 is 1.97. The second-order valence-electron chi connectivity index (χ2n) is 9.54. The molecule has 2 N–H and O–H groups in total. The highest BCUT2D eigenvalue weighted by atomic mass is 16.2. The zero-order valence-corrected chi connectivity index (χ0v) is 17.7. The van der Waals surface area contributed by atoms with Crippen LogP contribution in [0.3, 0.4) is 0 Å². The van der Waals surface area contributed by atoms with E-state index in [2.05, 4.69) is 32.6 Å². The lowest BCUT2D eigenvalue weighted by Gasteiger charge is -2.42. The minimum absolute atomic E-state index is 0.0700. The number of rotatable bonds is 3. The third kappa shape index (κ3) is 3.00. The molecule has 0 radical (unpaired) electrons. The summed E-state index contributed by atoms with van der Waals surface area (Å²) in [6.45, 7) is 3.46. The van der Waals surface area contributed by atoms with Gasteiger partial charge >= 0.3 is 0 Å². The Morgan fingerprint density at radius 2 is 1.93 bits per heavy atom. The molecule has 0 saturated carbocycles. The first-order chi connectivity index (χ1) is 14.7. The molecule has 3 saturated heterocycles. The first kappa shape index (κ1) is 18.6. The molecule has 2 aromatic heterocycles. The van der Waals surface area contributed by atoms with Crippen molar-refractivity contribution in [3.05, 3.63) is 23.5 Å². The molecular weight excluding hydrogens is 378 g/mol. The van der Waals surface area contributed by atoms with Gasteiger partial charge in [0.25, 0.3) is 0 Å². The van der Waals surface area contributed by atoms with Crippen molar-refractivity contribution in [2.75, 3.05) is 38.1 Å². The molecule has 160 valence electrons. The van der Waals surface area contributed by atoms with E-state index in [1.807, 2.05) is 16.8 Å². The van der Waals surface area contributed by atoms with Crippen LogP contribution in [0.4, 0.5) is 5.82 Å². The molecule has 8 heteroatoms. The van der Waals surface area contributed by atoms with Gasteiger partial charge in [-0.1, -0.05) is 0 Å². The molecule has 30 heavy (non-hydrogen) atoms. The van der Waals surface area contributed by atoms with Crippen molar-refractivity contribution in [1.82, 2.24) is 30.1 Å². The summed E-state index contributed by atoms with van der Waals surface area (Å²) in [7, 11) is 2.24. The lowest BCUT2D eigenvalue weighted by atomic mass is 9.94. The van der Waals surface area contributed by atoms with Gasteiger partial charge in [-0.05, 0) is 45.7 Å². The Balaban J connectivity index is 1.16. The fraction of sp³-hybridized carbons (Fsp3) is 0.682. The summed E-state index contributed by atoms with van der Waals surface area (Å²) >= 11 is 0. The Morgan fingerprint density at radius 1 is 1.17 bits per heavy atom. The summed E-state index contributed by atoms with van der Waals surface area (Å²) in [5.74, 6) is 1.45. The second kappa shape index (κ2) is 7.20. The van der Waals surface area contributed by atoms with Crippen molar-refractivity contribution in [2.24, 2.45) is 5.92 Å². The van der Waals surface area contributed by atoms with Gasteiger partial charge in [0, 0.05) is 55.8 Å². The van der Waals surface area contributed by atoms with Crippen LogP contribution in [-0.4, -0.2) is 76.8 Å². The molecule has 2 bridgehead atoms. The smallest absolute Gasteiger partial charge is 0.226 e. The molecule has 2 aromatic rings. The van der Waals surface area contributed by atoms with Crippen LogP contribution >= 0.6 is 0 Å². The molecule has 2 atom stereocenters. The number of hydrogen-bond donors (Lipinski definition) is 2. The largest absolute Gasteiger partial charge is 0.354 e. The molecule has 6 rings (SSSR count). The molecule has 8 nitrogen and oxygen atoms in total. The zero-order chi connectivity index (χ0) is 20.2. The lowest BCUT2D eigenvalue weighted by molar-refractivity contribution is -0.126. The van der Waals surface area contributed by atoms with E-state index < -0.39 is 0 Å². The molecule has 0 aromatic carbocycles. The predicted octanol–water partition coefficient (Wildman–Crippen LogP) is 0.595. The number of fused-ring (bicyclic) bond motifs is 4. The van der Waals surface area contributed by atoms with Gasteiger partial charge in [0.2, 0.25) is 5.91 Å². The van der Waals surface area contributed by atoms with Crippen LogP contribution in [0.1, 0.15) is 36.9 Å². The molecule has 3 fully saturated rings. The number of hydrogen-bond acceptors (Lipinski definition) is 6. The number of aromatic nitrogens is 3. The number of piperidine rings is 1. The van der Waals surface area contributed by atoms with Crippen molar-refractivity contribution < 1.29 is 4.79 Å². The average Bonchev–Trinajstić information content (AvgIpc) is 3.11. The molecule has 1 amide bonds. The van der Waals surface area contributed by atoms with Crippen LogP contribution in [0.25, 0.3) is 5.65 Å². The number of nitrogens with zero attached hydrogens (tertiary/aromatic N) is 5. The van der Waals surface area contributed by atoms with Crippen LogP contribution < -0.4 is 15.5 Å². The van der Waals surface area contributed by atoms with Crippen molar-refractivity contribution in [3.63, 3.8) is 0 Å². The van der Waals surface area contributed by atoms with Crippen LogP contribution in [0.2, 0.25) is 0 Å². The molecular formula is C22H31N7O. The third-order valence-corrected chi connectivity index (χ3v) is 7.78. The Labute approximate surface area is 177 Å². The van der Waals surface area contributed by atoms with Gasteiger partial charge in [-0.15, -0.1) is 0 Å². The average molecular weight is 410 g/mol. The standard InChI is InChI=1S/C22H31N7O/c1-27-16-2-3-17(27)11-15(10-16)25-21(30)14-12-28(13-14)22-18-4-7-23-8-5-19(18)26-20-6-9-24-29(20)22/h6,9,14-17,23H,2-5,7-8,10-13H2,1H3,(H,25,30). The highest BCUT2D eigenvalue weighted by Crippen LogP contribution is 2.35. The van der Waals surface area contributed by atoms with Gasteiger partial charge in [0.1, 0.15) is 5.82 Å². The molecule has 4 aliphatic heterocycles. The van der Waals surface area contributed by atoms with Gasteiger partial charge in [0.05, 0.1) is 17.8 Å². The number of carbonyl (C=O) groups is 1. The number of anilines is 1. The van der Waals surface area contributed by atoms with Crippen LogP contribution in [0, 0.1) is 5.92 Å². The maximum absolute atomic E-state index is 12.9. The molecule has 4 aliphatic rings. The van der Waals surface area contributed by atoms with Gasteiger partial charge in [-0.2, -0.15) is 9.61 Å². The van der Waals surface area contributed by atoms with Crippen molar-refractivity contribution >= 4 is 17.4 Å². The number of amides is 1. The Bertz CT molecular complexity index is 952. The summed E-state index contributed by atoms with van der Waals surface area (Å²) in [5, 5.41) is 11.4. The summed E-state index contributed by atoms with van der Waals surface area (Å²) in [5.41, 5.74) is 3.38. The second-order valence-corrected chi connectivity index (χ2v) is 9.54. The van der Waals surface area contributed by atoms with E-state index in [0.717, 1.165) is 63.3 Å². The van der Waals surface area contributed by atoms with E-state index in [0.29, 0.717) is 18.1 Å². The van der Waals surface area contributed by atoms with E-state index in [9.17, 15) is 4.79 Å². The Morgan fingerprint density at radius 3 is 2.73 bits per heavy atom. The van der Waals surface area contributed by atoms with E-state index in [-0.39, 0.29) is 11.8 Å². The van der Waals surface area contributed by atoms with Crippen molar-refractivity contribution in [1.29, 1.82) is 0 Å². The van der Waals surface area contributed by atoms with Crippen molar-refractivity contribution in [3.8, 4) is 0 Å². The van der Waals surface area contributed by atoms with E-state index in [1.54, 1.807) is 0 Å². The summed E-state index contributed by atoms with van der Waals surface area (Å²) in [6.07, 6.45) is 8.50. The zero-order valence-electron chi connectivity index (χ0n) is 17.7. The van der Waals surface area contributed by atoms with E-state index >= 15 is 0 Å². The highest BCUT2D eigenvalue weighted by molar-refractivity contribution is 5.82. The summed E-state index contributed by atoms with van der Waals surface area (Å²) in [4.78, 5) is 22.6. The first-order valence-corrected chi connectivity index (χ1v) is 11.5. The highest BCUT2D eigenvalue weighted by Gasteiger charge is 2.41. The number of carbonyl (C=O) groups excluding carboxylic acids is 1. The monoisotopic (exact) mass is 409 g/mol. The van der Waals surface area contributed by atoms with Gasteiger partial charge in [-0.3, -0.25) is 4.79 Å². The van der Waals surface area contributed by atoms with Crippen LogP contribution in [0.15, 0.2) is 12.3 Å². The predicted molar refractivity (Wildman–Crippen MR) is 115 cm³/mol. The minimum atomic E-state index is 0.0700. The van der Waals surface area contributed by atoms with E-state index in [1.165, 1.54) is 24.1 Å². The van der Waals surface area contributed by atoms with E-state index in [4.69, 9.17) is 4.98 Å². The maximum Gasteiger partial charge on any atom is 0.226 e. The fourth-order valence-corrected chi connectivity index (χ4v) is 6.01. The summed E-state index contributed by atoms with van der Waals surface area (Å²) in [6, 6.07) is 3.63. The lowest BCUT2D eigenvalue weighted by Crippen LogP contribution is -2.57. The van der Waals surface area contributed by atoms with Crippen LogP contribution in [0.5, 0.6) is 0 Å². The maximum atomic E-state index is 12.9. The molecule has 6 heterocycles. The first-order valence-electron chi connectivity index (χ1n) is 11.5. The number of nitrogens with one attached hydrogen (secondary N) is 2.